The molecule has 0 spiro atoms. The van der Waals surface area contributed by atoms with Gasteiger partial charge in [-0.3, -0.25) is 9.67 Å². The van der Waals surface area contributed by atoms with Crippen LogP contribution in [0.3, 0.4) is 0 Å². The molecule has 0 aromatic carbocycles. The number of nitrogens with zero attached hydrogens (tertiary/aromatic N) is 3. The number of carboxylic acids is 1. The number of nitrogens with one attached hydrogen (secondary N) is 1. The van der Waals surface area contributed by atoms with E-state index in [1.165, 1.54) is 6.20 Å². The van der Waals surface area contributed by atoms with Crippen LogP contribution in [0, 0.1) is 13.8 Å². The Morgan fingerprint density at radius 1 is 1.42 bits per heavy atom. The molecule has 0 radical (unpaired) electrons. The molecule has 6 nitrogen and oxygen atoms in total. The zero-order valence-electron chi connectivity index (χ0n) is 11.1. The summed E-state index contributed by atoms with van der Waals surface area (Å²) in [6.45, 7) is 4.33. The van der Waals surface area contributed by atoms with Crippen LogP contribution in [0.1, 0.15) is 27.3 Å². The summed E-state index contributed by atoms with van der Waals surface area (Å²) in [5, 5.41) is 16.4. The molecule has 0 saturated carbocycles. The first kappa shape index (κ1) is 13.1. The summed E-state index contributed by atoms with van der Waals surface area (Å²) in [5.74, 6) is -0.988. The molecule has 0 bridgehead atoms. The van der Waals surface area contributed by atoms with E-state index in [9.17, 15) is 4.79 Å². The number of aryl methyl sites for hydroxylation is 2. The fourth-order valence-electron chi connectivity index (χ4n) is 1.78. The van der Waals surface area contributed by atoms with Crippen LogP contribution in [-0.2, 0) is 13.6 Å². The third kappa shape index (κ3) is 2.73. The molecule has 100 valence electrons. The number of hydrogen-bond acceptors (Lipinski definition) is 4. The zero-order valence-corrected chi connectivity index (χ0v) is 11.1. The van der Waals surface area contributed by atoms with Crippen LogP contribution in [0.5, 0.6) is 0 Å². The number of anilines is 1. The Kier molecular flexibility index (Phi) is 3.50. The molecule has 2 aromatic heterocycles. The maximum Gasteiger partial charge on any atom is 0.339 e. The van der Waals surface area contributed by atoms with Crippen molar-refractivity contribution in [1.29, 1.82) is 0 Å². The quantitative estimate of drug-likeness (QED) is 0.875. The summed E-state index contributed by atoms with van der Waals surface area (Å²) in [4.78, 5) is 15.1. The molecule has 0 atom stereocenters. The molecule has 0 saturated heterocycles. The van der Waals surface area contributed by atoms with E-state index < -0.39 is 5.97 Å². The van der Waals surface area contributed by atoms with Crippen LogP contribution in [0.25, 0.3) is 0 Å². The number of carbonyl (C=O) groups is 1. The Morgan fingerprint density at radius 3 is 2.74 bits per heavy atom. The SMILES string of the molecule is Cc1cc(NCc2cnn(C)c2C)c(C(=O)O)cn1. The molecule has 0 aliphatic heterocycles. The first-order chi connectivity index (χ1) is 8.99. The lowest BCUT2D eigenvalue weighted by Crippen LogP contribution is -2.08. The Morgan fingerprint density at radius 2 is 2.16 bits per heavy atom. The maximum atomic E-state index is 11.1. The van der Waals surface area contributed by atoms with Gasteiger partial charge in [-0.25, -0.2) is 4.79 Å². The number of pyridine rings is 1. The van der Waals surface area contributed by atoms with E-state index >= 15 is 0 Å². The monoisotopic (exact) mass is 260 g/mol. The molecule has 0 amide bonds. The van der Waals surface area contributed by atoms with Gasteiger partial charge in [0.1, 0.15) is 5.56 Å². The first-order valence-corrected chi connectivity index (χ1v) is 5.90. The van der Waals surface area contributed by atoms with E-state index in [2.05, 4.69) is 15.4 Å². The van der Waals surface area contributed by atoms with E-state index in [0.29, 0.717) is 12.2 Å². The van der Waals surface area contributed by atoms with Crippen LogP contribution < -0.4 is 5.32 Å². The van der Waals surface area contributed by atoms with Crippen molar-refractivity contribution in [3.8, 4) is 0 Å². The van der Waals surface area contributed by atoms with Gasteiger partial charge in [0.2, 0.25) is 0 Å². The van der Waals surface area contributed by atoms with Crippen molar-refractivity contribution in [3.63, 3.8) is 0 Å². The van der Waals surface area contributed by atoms with Gasteiger partial charge in [-0.1, -0.05) is 0 Å². The Labute approximate surface area is 111 Å². The minimum absolute atomic E-state index is 0.173. The molecule has 2 heterocycles. The van der Waals surface area contributed by atoms with Crippen LogP contribution >= 0.6 is 0 Å². The predicted octanol–water partition coefficient (Wildman–Crippen LogP) is 1.74. The molecular formula is C13H16N4O2. The average Bonchev–Trinajstić information content (AvgIpc) is 2.67. The average molecular weight is 260 g/mol. The van der Waals surface area contributed by atoms with Gasteiger partial charge >= 0.3 is 5.97 Å². The third-order valence-electron chi connectivity index (χ3n) is 3.08. The van der Waals surface area contributed by atoms with Crippen LogP contribution in [0.2, 0.25) is 0 Å². The van der Waals surface area contributed by atoms with Gasteiger partial charge < -0.3 is 10.4 Å². The Hall–Kier alpha value is -2.37. The van der Waals surface area contributed by atoms with Crippen LogP contribution in [0.15, 0.2) is 18.5 Å². The van der Waals surface area contributed by atoms with Gasteiger partial charge in [-0.05, 0) is 19.9 Å². The van der Waals surface area contributed by atoms with E-state index in [1.54, 1.807) is 16.9 Å². The van der Waals surface area contributed by atoms with E-state index in [1.807, 2.05) is 20.9 Å². The smallest absolute Gasteiger partial charge is 0.339 e. The van der Waals surface area contributed by atoms with Gasteiger partial charge in [0.05, 0.1) is 11.9 Å². The summed E-state index contributed by atoms with van der Waals surface area (Å²) < 4.78 is 1.78. The number of rotatable bonds is 4. The molecular weight excluding hydrogens is 244 g/mol. The Balaban J connectivity index is 2.21. The largest absolute Gasteiger partial charge is 0.478 e. The summed E-state index contributed by atoms with van der Waals surface area (Å²) in [6, 6.07) is 1.73. The second-order valence-corrected chi connectivity index (χ2v) is 4.41. The molecule has 0 unspecified atom stereocenters. The number of aromatic nitrogens is 3. The van der Waals surface area contributed by atoms with E-state index in [4.69, 9.17) is 5.11 Å². The fraction of sp³-hybridized carbons (Fsp3) is 0.308. The fourth-order valence-corrected chi connectivity index (χ4v) is 1.78. The summed E-state index contributed by atoms with van der Waals surface area (Å²) >= 11 is 0. The second-order valence-electron chi connectivity index (χ2n) is 4.41. The van der Waals surface area contributed by atoms with Crippen LogP contribution in [0.4, 0.5) is 5.69 Å². The Bertz CT molecular complexity index is 619. The standard InChI is InChI=1S/C13H16N4O2/c1-8-4-12(11(7-14-8)13(18)19)15-5-10-6-16-17(3)9(10)2/h4,6-7H,5H2,1-3H3,(H,14,15)(H,18,19). The topological polar surface area (TPSA) is 80.0 Å². The highest BCUT2D eigenvalue weighted by molar-refractivity contribution is 5.93. The van der Waals surface area contributed by atoms with E-state index in [0.717, 1.165) is 17.0 Å². The van der Waals surface area contributed by atoms with Crippen LogP contribution in [-0.4, -0.2) is 25.8 Å². The highest BCUT2D eigenvalue weighted by atomic mass is 16.4. The maximum absolute atomic E-state index is 11.1. The van der Waals surface area contributed by atoms with Crippen molar-refractivity contribution in [1.82, 2.24) is 14.8 Å². The molecule has 2 rings (SSSR count). The highest BCUT2D eigenvalue weighted by Gasteiger charge is 2.11. The lowest BCUT2D eigenvalue weighted by atomic mass is 10.2. The van der Waals surface area contributed by atoms with Gasteiger partial charge in [0, 0.05) is 36.7 Å². The normalized spacial score (nSPS) is 10.5. The van der Waals surface area contributed by atoms with Gasteiger partial charge in [0.25, 0.3) is 0 Å². The first-order valence-electron chi connectivity index (χ1n) is 5.90. The predicted molar refractivity (Wildman–Crippen MR) is 71.2 cm³/mol. The van der Waals surface area contributed by atoms with Gasteiger partial charge in [-0.2, -0.15) is 5.10 Å². The second kappa shape index (κ2) is 5.09. The lowest BCUT2D eigenvalue weighted by Gasteiger charge is -2.09. The zero-order chi connectivity index (χ0) is 14.0. The van der Waals surface area contributed by atoms with Crippen molar-refractivity contribution in [2.24, 2.45) is 7.05 Å². The molecule has 2 aromatic rings. The van der Waals surface area contributed by atoms with Crippen molar-refractivity contribution in [3.05, 3.63) is 41.0 Å². The van der Waals surface area contributed by atoms with Crippen molar-refractivity contribution in [2.45, 2.75) is 20.4 Å². The van der Waals surface area contributed by atoms with E-state index in [-0.39, 0.29) is 5.56 Å². The molecule has 0 aliphatic rings. The van der Waals surface area contributed by atoms with Crippen molar-refractivity contribution >= 4 is 11.7 Å². The lowest BCUT2D eigenvalue weighted by molar-refractivity contribution is 0.0697. The molecule has 6 heteroatoms. The highest BCUT2D eigenvalue weighted by Crippen LogP contribution is 2.17. The van der Waals surface area contributed by atoms with Gasteiger partial charge in [-0.15, -0.1) is 0 Å². The number of hydrogen-bond donors (Lipinski definition) is 2. The summed E-state index contributed by atoms with van der Waals surface area (Å²) in [6.07, 6.45) is 3.15. The minimum Gasteiger partial charge on any atom is -0.478 e. The van der Waals surface area contributed by atoms with Crippen molar-refractivity contribution < 1.29 is 9.90 Å². The third-order valence-corrected chi connectivity index (χ3v) is 3.08. The molecule has 2 N–H and O–H groups in total. The summed E-state index contributed by atoms with van der Waals surface area (Å²) in [7, 11) is 1.87. The molecule has 0 aliphatic carbocycles. The molecule has 0 fully saturated rings. The minimum atomic E-state index is -0.988. The number of aromatic carboxylic acids is 1. The van der Waals surface area contributed by atoms with Crippen molar-refractivity contribution in [2.75, 3.05) is 5.32 Å². The summed E-state index contributed by atoms with van der Waals surface area (Å²) in [5.41, 5.74) is 3.61. The van der Waals surface area contributed by atoms with Gasteiger partial charge in [0.15, 0.2) is 0 Å². The number of carboxylic acid groups (broad SMARTS) is 1. The molecule has 19 heavy (non-hydrogen) atoms.